The van der Waals surface area contributed by atoms with Crippen molar-refractivity contribution < 1.29 is 5.11 Å². The van der Waals surface area contributed by atoms with Crippen LogP contribution in [0.5, 0.6) is 0 Å². The molecular weight excluding hydrogens is 246 g/mol. The van der Waals surface area contributed by atoms with E-state index >= 15 is 0 Å². The quantitative estimate of drug-likeness (QED) is 0.890. The summed E-state index contributed by atoms with van der Waals surface area (Å²) in [5.74, 6) is 0. The van der Waals surface area contributed by atoms with Crippen LogP contribution >= 0.6 is 0 Å². The molecule has 0 amide bonds. The van der Waals surface area contributed by atoms with E-state index in [1.54, 1.807) is 0 Å². The van der Waals surface area contributed by atoms with Crippen LogP contribution < -0.4 is 5.32 Å². The van der Waals surface area contributed by atoms with Gasteiger partial charge in [0.05, 0.1) is 6.10 Å². The van der Waals surface area contributed by atoms with Crippen molar-refractivity contribution in [1.82, 2.24) is 5.32 Å². The monoisotopic (exact) mass is 267 g/mol. The fraction of sp³-hybridized carbons (Fsp3) is 0.333. The number of piperidine rings is 1. The van der Waals surface area contributed by atoms with E-state index in [-0.39, 0.29) is 6.04 Å². The molecule has 1 aliphatic heterocycles. The van der Waals surface area contributed by atoms with Gasteiger partial charge in [0.15, 0.2) is 0 Å². The van der Waals surface area contributed by atoms with Gasteiger partial charge in [0, 0.05) is 12.1 Å². The molecule has 0 radical (unpaired) electrons. The molecule has 2 nitrogen and oxygen atoms in total. The van der Waals surface area contributed by atoms with Crippen molar-refractivity contribution in [3.05, 3.63) is 71.8 Å². The van der Waals surface area contributed by atoms with Gasteiger partial charge in [-0.25, -0.2) is 0 Å². The maximum atomic E-state index is 10.5. The summed E-state index contributed by atoms with van der Waals surface area (Å²) in [5, 5.41) is 14.2. The minimum atomic E-state index is -0.428. The van der Waals surface area contributed by atoms with E-state index in [9.17, 15) is 5.11 Å². The molecule has 2 aromatic rings. The number of rotatable bonds is 3. The van der Waals surface area contributed by atoms with Crippen molar-refractivity contribution in [2.24, 2.45) is 0 Å². The first kappa shape index (κ1) is 13.3. The van der Waals surface area contributed by atoms with Crippen molar-refractivity contribution in [2.75, 3.05) is 0 Å². The second-order valence-electron chi connectivity index (χ2n) is 5.52. The van der Waals surface area contributed by atoms with Gasteiger partial charge in [-0.2, -0.15) is 0 Å². The molecule has 2 heteroatoms. The van der Waals surface area contributed by atoms with Gasteiger partial charge >= 0.3 is 0 Å². The van der Waals surface area contributed by atoms with Crippen molar-refractivity contribution in [3.8, 4) is 0 Å². The third kappa shape index (κ3) is 2.92. The number of aliphatic hydroxyl groups is 1. The Morgan fingerprint density at radius 1 is 0.900 bits per heavy atom. The second-order valence-corrected chi connectivity index (χ2v) is 5.52. The van der Waals surface area contributed by atoms with Crippen molar-refractivity contribution in [1.29, 1.82) is 0 Å². The van der Waals surface area contributed by atoms with Gasteiger partial charge in [-0.15, -0.1) is 0 Å². The van der Waals surface area contributed by atoms with E-state index < -0.39 is 6.10 Å². The zero-order valence-corrected chi connectivity index (χ0v) is 11.6. The van der Waals surface area contributed by atoms with E-state index in [1.165, 1.54) is 5.56 Å². The summed E-state index contributed by atoms with van der Waals surface area (Å²) in [4.78, 5) is 0. The smallest absolute Gasteiger partial charge is 0.0943 e. The van der Waals surface area contributed by atoms with Crippen LogP contribution in [0.1, 0.15) is 42.5 Å². The third-order valence-corrected chi connectivity index (χ3v) is 4.15. The second kappa shape index (κ2) is 6.21. The van der Waals surface area contributed by atoms with Gasteiger partial charge in [0.25, 0.3) is 0 Å². The van der Waals surface area contributed by atoms with Crippen molar-refractivity contribution in [2.45, 2.75) is 37.5 Å². The Hall–Kier alpha value is -1.64. The average Bonchev–Trinajstić information content (AvgIpc) is 2.56. The molecule has 1 aliphatic rings. The molecule has 2 aromatic carbocycles. The van der Waals surface area contributed by atoms with Crippen LogP contribution in [0.2, 0.25) is 0 Å². The summed E-state index contributed by atoms with van der Waals surface area (Å²) in [5.41, 5.74) is 2.32. The zero-order valence-electron chi connectivity index (χ0n) is 11.6. The standard InChI is InChI=1S/C18H21NO/c20-18(15-10-5-2-6-11-15)17-13-7-12-16(19-17)14-8-3-1-4-9-14/h1-6,8-11,16-20H,7,12-13H2. The molecule has 0 aromatic heterocycles. The lowest BCUT2D eigenvalue weighted by Crippen LogP contribution is -2.41. The highest BCUT2D eigenvalue weighted by atomic mass is 16.3. The molecule has 20 heavy (non-hydrogen) atoms. The predicted molar refractivity (Wildman–Crippen MR) is 81.4 cm³/mol. The molecule has 1 heterocycles. The highest BCUT2D eigenvalue weighted by Crippen LogP contribution is 2.30. The highest BCUT2D eigenvalue weighted by molar-refractivity contribution is 5.22. The molecule has 1 saturated heterocycles. The van der Waals surface area contributed by atoms with Crippen LogP contribution in [-0.2, 0) is 0 Å². The maximum absolute atomic E-state index is 10.5. The Morgan fingerprint density at radius 3 is 2.25 bits per heavy atom. The van der Waals surface area contributed by atoms with E-state index in [4.69, 9.17) is 0 Å². The summed E-state index contributed by atoms with van der Waals surface area (Å²) in [6.45, 7) is 0. The Kier molecular flexibility index (Phi) is 4.14. The topological polar surface area (TPSA) is 32.3 Å². The van der Waals surface area contributed by atoms with Gasteiger partial charge in [0.2, 0.25) is 0 Å². The summed E-state index contributed by atoms with van der Waals surface area (Å²) >= 11 is 0. The maximum Gasteiger partial charge on any atom is 0.0943 e. The average molecular weight is 267 g/mol. The fourth-order valence-electron chi connectivity index (χ4n) is 3.05. The fourth-order valence-corrected chi connectivity index (χ4v) is 3.05. The largest absolute Gasteiger partial charge is 0.387 e. The van der Waals surface area contributed by atoms with E-state index in [0.717, 1.165) is 24.8 Å². The van der Waals surface area contributed by atoms with Crippen LogP contribution in [0.15, 0.2) is 60.7 Å². The summed E-state index contributed by atoms with van der Waals surface area (Å²) in [6, 6.07) is 21.0. The summed E-state index contributed by atoms with van der Waals surface area (Å²) < 4.78 is 0. The molecule has 0 aliphatic carbocycles. The molecule has 104 valence electrons. The summed E-state index contributed by atoms with van der Waals surface area (Å²) in [7, 11) is 0. The number of benzene rings is 2. The minimum Gasteiger partial charge on any atom is -0.387 e. The molecular formula is C18H21NO. The molecule has 3 atom stereocenters. The van der Waals surface area contributed by atoms with Gasteiger partial charge in [-0.05, 0) is 30.4 Å². The molecule has 0 saturated carbocycles. The molecule has 2 N–H and O–H groups in total. The predicted octanol–water partition coefficient (Wildman–Crippen LogP) is 3.60. The number of hydrogen-bond acceptors (Lipinski definition) is 2. The molecule has 0 bridgehead atoms. The highest BCUT2D eigenvalue weighted by Gasteiger charge is 2.27. The van der Waals surface area contributed by atoms with Crippen LogP contribution in [-0.4, -0.2) is 11.1 Å². The van der Waals surface area contributed by atoms with Gasteiger partial charge in [-0.3, -0.25) is 0 Å². The first-order chi connectivity index (χ1) is 9.84. The normalized spacial score (nSPS) is 24.2. The lowest BCUT2D eigenvalue weighted by molar-refractivity contribution is 0.101. The Morgan fingerprint density at radius 2 is 1.55 bits per heavy atom. The van der Waals surface area contributed by atoms with Crippen LogP contribution in [0.4, 0.5) is 0 Å². The first-order valence-electron chi connectivity index (χ1n) is 7.38. The van der Waals surface area contributed by atoms with E-state index in [2.05, 4.69) is 29.6 Å². The van der Waals surface area contributed by atoms with Gasteiger partial charge < -0.3 is 10.4 Å². The molecule has 1 fully saturated rings. The van der Waals surface area contributed by atoms with E-state index in [0.29, 0.717) is 6.04 Å². The van der Waals surface area contributed by atoms with E-state index in [1.807, 2.05) is 36.4 Å². The molecule has 3 rings (SSSR count). The number of nitrogens with one attached hydrogen (secondary N) is 1. The van der Waals surface area contributed by atoms with Crippen LogP contribution in [0.25, 0.3) is 0 Å². The third-order valence-electron chi connectivity index (χ3n) is 4.15. The van der Waals surface area contributed by atoms with Crippen molar-refractivity contribution in [3.63, 3.8) is 0 Å². The van der Waals surface area contributed by atoms with Crippen LogP contribution in [0.3, 0.4) is 0 Å². The lowest BCUT2D eigenvalue weighted by atomic mass is 9.89. The van der Waals surface area contributed by atoms with Gasteiger partial charge in [0.1, 0.15) is 0 Å². The number of aliphatic hydroxyl groups excluding tert-OH is 1. The Labute approximate surface area is 120 Å². The van der Waals surface area contributed by atoms with Crippen molar-refractivity contribution >= 4 is 0 Å². The first-order valence-corrected chi connectivity index (χ1v) is 7.38. The molecule has 3 unspecified atom stereocenters. The number of hydrogen-bond donors (Lipinski definition) is 2. The SMILES string of the molecule is OC(c1ccccc1)C1CCCC(c2ccccc2)N1. The lowest BCUT2D eigenvalue weighted by Gasteiger charge is -2.34. The Bertz CT molecular complexity index is 488. The minimum absolute atomic E-state index is 0.136. The van der Waals surface area contributed by atoms with Crippen LogP contribution in [0, 0.1) is 0 Å². The van der Waals surface area contributed by atoms with Gasteiger partial charge in [-0.1, -0.05) is 60.7 Å². The Balaban J connectivity index is 1.72. The summed E-state index contributed by atoms with van der Waals surface area (Å²) in [6.07, 6.45) is 2.89. The molecule has 0 spiro atoms. The zero-order chi connectivity index (χ0) is 13.8.